The quantitative estimate of drug-likeness (QED) is 0.690. The fourth-order valence-electron chi connectivity index (χ4n) is 3.76. The molecule has 31 heavy (non-hydrogen) atoms. The predicted molar refractivity (Wildman–Crippen MR) is 114 cm³/mol. The van der Waals surface area contributed by atoms with Crippen molar-refractivity contribution in [2.75, 3.05) is 35.3 Å². The molecule has 7 nitrogen and oxygen atoms in total. The Morgan fingerprint density at radius 3 is 2.81 bits per heavy atom. The van der Waals surface area contributed by atoms with Crippen LogP contribution in [0.25, 0.3) is 0 Å². The maximum atomic E-state index is 13.3. The van der Waals surface area contributed by atoms with Gasteiger partial charge in [-0.05, 0) is 37.0 Å². The average molecular weight is 431 g/mol. The highest BCUT2D eigenvalue weighted by Gasteiger charge is 2.32. The summed E-state index contributed by atoms with van der Waals surface area (Å²) < 4.78 is 32.1. The highest BCUT2D eigenvalue weighted by atomic mass is 19.2. The van der Waals surface area contributed by atoms with Crippen LogP contribution in [-0.2, 0) is 16.1 Å². The van der Waals surface area contributed by atoms with Crippen molar-refractivity contribution in [2.45, 2.75) is 51.4 Å². The minimum Gasteiger partial charge on any atom is -0.373 e. The third-order valence-corrected chi connectivity index (χ3v) is 5.79. The van der Waals surface area contributed by atoms with Crippen molar-refractivity contribution >= 4 is 23.4 Å². The fraction of sp³-hybridized carbons (Fsp3) is 0.500. The van der Waals surface area contributed by atoms with Gasteiger partial charge in [-0.2, -0.15) is 4.98 Å². The van der Waals surface area contributed by atoms with Crippen LogP contribution in [0.15, 0.2) is 24.4 Å². The van der Waals surface area contributed by atoms with Crippen LogP contribution < -0.4 is 15.1 Å². The molecular formula is C22H27F2N5O2. The SMILES string of the molecule is CCCCN1CC(=O)N(C)c2cnc(N[C@H]3C[C@H](OCc4ccc(F)c(F)c4)C3)nc21. The second-order valence-electron chi connectivity index (χ2n) is 8.12. The number of carbonyl (C=O) groups excluding carboxylic acids is 1. The van der Waals surface area contributed by atoms with Crippen LogP contribution in [0.4, 0.5) is 26.2 Å². The molecule has 0 radical (unpaired) electrons. The van der Waals surface area contributed by atoms with Gasteiger partial charge >= 0.3 is 0 Å². The molecule has 1 N–H and O–H groups in total. The summed E-state index contributed by atoms with van der Waals surface area (Å²) >= 11 is 0. The first-order valence-corrected chi connectivity index (χ1v) is 10.6. The van der Waals surface area contributed by atoms with Crippen LogP contribution >= 0.6 is 0 Å². The minimum atomic E-state index is -0.862. The summed E-state index contributed by atoms with van der Waals surface area (Å²) in [6, 6.07) is 3.98. The smallest absolute Gasteiger partial charge is 0.246 e. The molecule has 1 aliphatic carbocycles. The zero-order valence-corrected chi connectivity index (χ0v) is 17.8. The van der Waals surface area contributed by atoms with Gasteiger partial charge in [-0.15, -0.1) is 0 Å². The number of unbranched alkanes of at least 4 members (excludes halogenated alkanes) is 1. The molecule has 0 atom stereocenters. The van der Waals surface area contributed by atoms with Crippen molar-refractivity contribution in [3.05, 3.63) is 41.6 Å². The van der Waals surface area contributed by atoms with E-state index in [9.17, 15) is 13.6 Å². The Balaban J connectivity index is 1.32. The largest absolute Gasteiger partial charge is 0.373 e. The van der Waals surface area contributed by atoms with Gasteiger partial charge in [0.2, 0.25) is 11.9 Å². The topological polar surface area (TPSA) is 70.6 Å². The molecule has 0 bridgehead atoms. The number of fused-ring (bicyclic) bond motifs is 1. The lowest BCUT2D eigenvalue weighted by atomic mass is 9.89. The Morgan fingerprint density at radius 2 is 2.06 bits per heavy atom. The number of ether oxygens (including phenoxy) is 1. The van der Waals surface area contributed by atoms with Crippen LogP contribution in [-0.4, -0.2) is 48.2 Å². The fourth-order valence-corrected chi connectivity index (χ4v) is 3.76. The van der Waals surface area contributed by atoms with Crippen molar-refractivity contribution in [2.24, 2.45) is 0 Å². The Hall–Kier alpha value is -2.81. The van der Waals surface area contributed by atoms with Crippen LogP contribution in [0, 0.1) is 11.6 Å². The number of likely N-dealkylation sites (N-methyl/N-ethyl adjacent to an activating group) is 1. The van der Waals surface area contributed by atoms with E-state index < -0.39 is 11.6 Å². The maximum absolute atomic E-state index is 13.3. The molecule has 1 aliphatic heterocycles. The van der Waals surface area contributed by atoms with Crippen molar-refractivity contribution < 1.29 is 18.3 Å². The van der Waals surface area contributed by atoms with Gasteiger partial charge in [0.1, 0.15) is 5.69 Å². The van der Waals surface area contributed by atoms with E-state index in [1.54, 1.807) is 18.1 Å². The van der Waals surface area contributed by atoms with Gasteiger partial charge in [0.15, 0.2) is 17.5 Å². The Bertz CT molecular complexity index is 951. The molecular weight excluding hydrogens is 404 g/mol. The molecule has 1 aromatic heterocycles. The first-order valence-electron chi connectivity index (χ1n) is 10.6. The molecule has 1 saturated carbocycles. The van der Waals surface area contributed by atoms with Gasteiger partial charge in [-0.1, -0.05) is 19.4 Å². The molecule has 0 saturated heterocycles. The normalized spacial score (nSPS) is 20.5. The number of halogens is 2. The highest BCUT2D eigenvalue weighted by molar-refractivity contribution is 6.01. The molecule has 1 amide bonds. The lowest BCUT2D eigenvalue weighted by Crippen LogP contribution is -2.45. The first-order chi connectivity index (χ1) is 14.9. The molecule has 4 rings (SSSR count). The van der Waals surface area contributed by atoms with E-state index in [0.29, 0.717) is 18.1 Å². The van der Waals surface area contributed by atoms with Crippen molar-refractivity contribution in [1.82, 2.24) is 9.97 Å². The van der Waals surface area contributed by atoms with Crippen LogP contribution in [0.1, 0.15) is 38.2 Å². The molecule has 2 aliphatic rings. The zero-order chi connectivity index (χ0) is 22.0. The predicted octanol–water partition coefficient (Wildman–Crippen LogP) is 3.50. The summed E-state index contributed by atoms with van der Waals surface area (Å²) in [5, 5.41) is 3.33. The van der Waals surface area contributed by atoms with Gasteiger partial charge < -0.3 is 19.9 Å². The van der Waals surface area contributed by atoms with Crippen LogP contribution in [0.3, 0.4) is 0 Å². The van der Waals surface area contributed by atoms with E-state index in [1.165, 1.54) is 6.07 Å². The highest BCUT2D eigenvalue weighted by Crippen LogP contribution is 2.33. The standard InChI is InChI=1S/C22H27F2N5O2/c1-3-4-7-29-12-20(30)28(2)19-11-25-22(27-21(19)29)26-15-9-16(10-15)31-13-14-5-6-17(23)18(24)8-14/h5-6,8,11,15-16H,3-4,7,9-10,12-13H2,1-2H3,(H,25,26,27)/t15-,16-. The summed E-state index contributed by atoms with van der Waals surface area (Å²) in [5.41, 5.74) is 1.33. The van der Waals surface area contributed by atoms with E-state index in [1.807, 2.05) is 4.90 Å². The molecule has 1 aromatic carbocycles. The number of nitrogens with one attached hydrogen (secondary N) is 1. The number of nitrogens with zero attached hydrogens (tertiary/aromatic N) is 4. The molecule has 2 aromatic rings. The number of aromatic nitrogens is 2. The average Bonchev–Trinajstić information content (AvgIpc) is 2.73. The van der Waals surface area contributed by atoms with E-state index in [2.05, 4.69) is 22.2 Å². The van der Waals surface area contributed by atoms with Gasteiger partial charge in [0.05, 0.1) is 25.5 Å². The van der Waals surface area contributed by atoms with E-state index in [0.717, 1.165) is 55.9 Å². The molecule has 166 valence electrons. The van der Waals surface area contributed by atoms with E-state index in [-0.39, 0.29) is 24.7 Å². The van der Waals surface area contributed by atoms with Crippen molar-refractivity contribution in [3.63, 3.8) is 0 Å². The third kappa shape index (κ3) is 4.76. The maximum Gasteiger partial charge on any atom is 0.246 e. The molecule has 0 spiro atoms. The lowest BCUT2D eigenvalue weighted by molar-refractivity contribution is -0.117. The monoisotopic (exact) mass is 431 g/mol. The number of hydrogen-bond donors (Lipinski definition) is 1. The van der Waals surface area contributed by atoms with Gasteiger partial charge in [0, 0.05) is 19.6 Å². The van der Waals surface area contributed by atoms with Gasteiger partial charge in [0.25, 0.3) is 0 Å². The Kier molecular flexibility index (Phi) is 6.31. The molecule has 9 heteroatoms. The summed E-state index contributed by atoms with van der Waals surface area (Å²) in [6.07, 6.45) is 5.33. The van der Waals surface area contributed by atoms with Crippen LogP contribution in [0.2, 0.25) is 0 Å². The second-order valence-corrected chi connectivity index (χ2v) is 8.12. The summed E-state index contributed by atoms with van der Waals surface area (Å²) in [6.45, 7) is 3.47. The Morgan fingerprint density at radius 1 is 1.26 bits per heavy atom. The second kappa shape index (κ2) is 9.13. The number of anilines is 3. The minimum absolute atomic E-state index is 0.0351. The molecule has 0 unspecified atom stereocenters. The summed E-state index contributed by atoms with van der Waals surface area (Å²) in [4.78, 5) is 24.9. The van der Waals surface area contributed by atoms with E-state index >= 15 is 0 Å². The summed E-state index contributed by atoms with van der Waals surface area (Å²) in [5.74, 6) is -0.372. The van der Waals surface area contributed by atoms with Gasteiger partial charge in [-0.3, -0.25) is 4.79 Å². The Labute approximate surface area is 180 Å². The number of rotatable bonds is 8. The number of amides is 1. The van der Waals surface area contributed by atoms with Crippen molar-refractivity contribution in [3.8, 4) is 0 Å². The third-order valence-electron chi connectivity index (χ3n) is 5.79. The zero-order valence-electron chi connectivity index (χ0n) is 17.8. The lowest BCUT2D eigenvalue weighted by Gasteiger charge is -2.37. The van der Waals surface area contributed by atoms with Gasteiger partial charge in [-0.25, -0.2) is 13.8 Å². The number of benzene rings is 1. The van der Waals surface area contributed by atoms with Crippen LogP contribution in [0.5, 0.6) is 0 Å². The van der Waals surface area contributed by atoms with Crippen molar-refractivity contribution in [1.29, 1.82) is 0 Å². The summed E-state index contributed by atoms with van der Waals surface area (Å²) in [7, 11) is 1.75. The number of hydrogen-bond acceptors (Lipinski definition) is 6. The first kappa shape index (κ1) is 21.4. The number of carbonyl (C=O) groups is 1. The molecule has 2 heterocycles. The molecule has 1 fully saturated rings. The van der Waals surface area contributed by atoms with E-state index in [4.69, 9.17) is 4.74 Å².